The molecule has 0 aliphatic carbocycles. The molecule has 2 aromatic heterocycles. The standard InChI is InChI=1S/C25H17NO4/c27-21(19-14-26-20-12-6-4-10-17(19)20)15-29-25-23(28)18-11-5-7-13-22(18)30-24(25)16-8-2-1-3-9-16/h1-14,26H,15H2. The molecule has 1 N–H and O–H groups in total. The second-order valence-corrected chi connectivity index (χ2v) is 6.91. The second kappa shape index (κ2) is 7.37. The first-order valence-electron chi connectivity index (χ1n) is 9.56. The zero-order valence-electron chi connectivity index (χ0n) is 15.9. The van der Waals surface area contributed by atoms with E-state index in [1.165, 1.54) is 0 Å². The predicted octanol–water partition coefficient (Wildman–Crippen LogP) is 5.20. The van der Waals surface area contributed by atoms with E-state index < -0.39 is 0 Å². The average molecular weight is 395 g/mol. The smallest absolute Gasteiger partial charge is 0.235 e. The van der Waals surface area contributed by atoms with Gasteiger partial charge in [0, 0.05) is 28.2 Å². The Kier molecular flexibility index (Phi) is 4.41. The number of rotatable bonds is 5. The molecule has 3 aromatic carbocycles. The monoisotopic (exact) mass is 395 g/mol. The minimum Gasteiger partial charge on any atom is -0.478 e. The van der Waals surface area contributed by atoms with Crippen molar-refractivity contribution >= 4 is 27.7 Å². The molecule has 5 nitrogen and oxygen atoms in total. The maximum atomic E-state index is 13.1. The van der Waals surface area contributed by atoms with Gasteiger partial charge in [-0.25, -0.2) is 0 Å². The van der Waals surface area contributed by atoms with E-state index >= 15 is 0 Å². The molecule has 0 atom stereocenters. The Labute approximate surface area is 171 Å². The van der Waals surface area contributed by atoms with Crippen LogP contribution in [0.3, 0.4) is 0 Å². The molecule has 0 unspecified atom stereocenters. The lowest BCUT2D eigenvalue weighted by Crippen LogP contribution is -2.17. The van der Waals surface area contributed by atoms with Gasteiger partial charge in [-0.3, -0.25) is 9.59 Å². The van der Waals surface area contributed by atoms with Crippen molar-refractivity contribution in [1.29, 1.82) is 0 Å². The van der Waals surface area contributed by atoms with Gasteiger partial charge in [0.25, 0.3) is 0 Å². The van der Waals surface area contributed by atoms with Gasteiger partial charge in [0.15, 0.2) is 12.4 Å². The van der Waals surface area contributed by atoms with Crippen LogP contribution in [0.2, 0.25) is 0 Å². The number of carbonyl (C=O) groups is 1. The van der Waals surface area contributed by atoms with Crippen LogP contribution in [0.5, 0.6) is 5.75 Å². The third kappa shape index (κ3) is 3.06. The number of Topliss-reactive ketones (excluding diaryl/α,β-unsaturated/α-hetero) is 1. The average Bonchev–Trinajstić information content (AvgIpc) is 3.23. The predicted molar refractivity (Wildman–Crippen MR) is 116 cm³/mol. The molecule has 5 heteroatoms. The van der Waals surface area contributed by atoms with Crippen molar-refractivity contribution in [3.63, 3.8) is 0 Å². The van der Waals surface area contributed by atoms with E-state index in [-0.39, 0.29) is 23.6 Å². The maximum Gasteiger partial charge on any atom is 0.235 e. The maximum absolute atomic E-state index is 13.1. The molecule has 30 heavy (non-hydrogen) atoms. The lowest BCUT2D eigenvalue weighted by atomic mass is 10.1. The highest BCUT2D eigenvalue weighted by Gasteiger charge is 2.20. The summed E-state index contributed by atoms with van der Waals surface area (Å²) in [5, 5.41) is 1.23. The molecule has 0 bridgehead atoms. The molecule has 5 aromatic rings. The Bertz CT molecular complexity index is 1430. The molecular weight excluding hydrogens is 378 g/mol. The van der Waals surface area contributed by atoms with Crippen LogP contribution in [0.1, 0.15) is 10.4 Å². The van der Waals surface area contributed by atoms with Gasteiger partial charge in [0.05, 0.1) is 5.39 Å². The number of aromatic nitrogens is 1. The van der Waals surface area contributed by atoms with E-state index in [9.17, 15) is 9.59 Å². The van der Waals surface area contributed by atoms with E-state index in [2.05, 4.69) is 4.98 Å². The zero-order chi connectivity index (χ0) is 20.5. The molecule has 0 saturated carbocycles. The van der Waals surface area contributed by atoms with Crippen LogP contribution in [0.4, 0.5) is 0 Å². The van der Waals surface area contributed by atoms with Crippen molar-refractivity contribution in [2.75, 3.05) is 6.61 Å². The van der Waals surface area contributed by atoms with E-state index in [1.54, 1.807) is 30.5 Å². The van der Waals surface area contributed by atoms with Crippen LogP contribution in [0.25, 0.3) is 33.2 Å². The lowest BCUT2D eigenvalue weighted by Gasteiger charge is -2.11. The summed E-state index contributed by atoms with van der Waals surface area (Å²) < 4.78 is 11.8. The van der Waals surface area contributed by atoms with Crippen LogP contribution in [0.15, 0.2) is 94.3 Å². The van der Waals surface area contributed by atoms with Crippen LogP contribution in [-0.4, -0.2) is 17.4 Å². The first kappa shape index (κ1) is 17.9. The number of aromatic amines is 1. The normalized spacial score (nSPS) is 11.1. The summed E-state index contributed by atoms with van der Waals surface area (Å²) in [6.45, 7) is -0.273. The zero-order valence-corrected chi connectivity index (χ0v) is 15.9. The van der Waals surface area contributed by atoms with E-state index in [4.69, 9.17) is 9.15 Å². The Hall–Kier alpha value is -4.12. The van der Waals surface area contributed by atoms with Gasteiger partial charge in [-0.2, -0.15) is 0 Å². The third-order valence-corrected chi connectivity index (χ3v) is 5.03. The summed E-state index contributed by atoms with van der Waals surface area (Å²) >= 11 is 0. The summed E-state index contributed by atoms with van der Waals surface area (Å²) in [4.78, 5) is 29.1. The van der Waals surface area contributed by atoms with Gasteiger partial charge in [0.2, 0.25) is 17.0 Å². The van der Waals surface area contributed by atoms with Gasteiger partial charge in [0.1, 0.15) is 5.58 Å². The fourth-order valence-electron chi connectivity index (χ4n) is 3.55. The second-order valence-electron chi connectivity index (χ2n) is 6.91. The first-order chi connectivity index (χ1) is 14.7. The van der Waals surface area contributed by atoms with Crippen LogP contribution >= 0.6 is 0 Å². The molecule has 5 rings (SSSR count). The molecule has 0 saturated heterocycles. The molecule has 0 amide bonds. The largest absolute Gasteiger partial charge is 0.478 e. The van der Waals surface area contributed by atoms with E-state index in [1.807, 2.05) is 54.6 Å². The van der Waals surface area contributed by atoms with Gasteiger partial charge in [-0.15, -0.1) is 0 Å². The van der Waals surface area contributed by atoms with Gasteiger partial charge in [-0.1, -0.05) is 60.7 Å². The Morgan fingerprint density at radius 3 is 2.40 bits per heavy atom. The Balaban J connectivity index is 1.55. The molecule has 0 aliphatic heterocycles. The van der Waals surface area contributed by atoms with Gasteiger partial charge >= 0.3 is 0 Å². The highest BCUT2D eigenvalue weighted by molar-refractivity contribution is 6.08. The van der Waals surface area contributed by atoms with Crippen molar-refractivity contribution < 1.29 is 13.9 Å². The number of benzene rings is 3. The van der Waals surface area contributed by atoms with E-state index in [0.29, 0.717) is 27.9 Å². The molecule has 0 spiro atoms. The molecule has 0 radical (unpaired) electrons. The number of ketones is 1. The minimum atomic E-state index is -0.303. The number of H-pyrrole nitrogens is 1. The number of hydrogen-bond donors (Lipinski definition) is 1. The SMILES string of the molecule is O=C(COc1c(-c2ccccc2)oc2ccccc2c1=O)c1c[nH]c2ccccc12. The van der Waals surface area contributed by atoms with Gasteiger partial charge < -0.3 is 14.1 Å². The fourth-order valence-corrected chi connectivity index (χ4v) is 3.55. The third-order valence-electron chi connectivity index (χ3n) is 5.03. The summed E-state index contributed by atoms with van der Waals surface area (Å²) in [5.74, 6) is 0.123. The molecule has 0 aliphatic rings. The van der Waals surface area contributed by atoms with Crippen molar-refractivity contribution in [2.45, 2.75) is 0 Å². The number of hydrogen-bond acceptors (Lipinski definition) is 4. The molecule has 146 valence electrons. The first-order valence-corrected chi connectivity index (χ1v) is 9.56. The number of nitrogens with one attached hydrogen (secondary N) is 1. The van der Waals surface area contributed by atoms with E-state index in [0.717, 1.165) is 10.9 Å². The van der Waals surface area contributed by atoms with Crippen molar-refractivity contribution in [3.05, 3.63) is 101 Å². The van der Waals surface area contributed by atoms with Crippen molar-refractivity contribution in [1.82, 2.24) is 4.98 Å². The summed E-state index contributed by atoms with van der Waals surface area (Å²) in [6, 6.07) is 23.8. The number of para-hydroxylation sites is 2. The van der Waals surface area contributed by atoms with Crippen LogP contribution in [0, 0.1) is 0 Å². The number of carbonyl (C=O) groups excluding carboxylic acids is 1. The number of fused-ring (bicyclic) bond motifs is 2. The lowest BCUT2D eigenvalue weighted by molar-refractivity contribution is 0.0922. The number of ether oxygens (including phenoxy) is 1. The quantitative estimate of drug-likeness (QED) is 0.415. The summed E-state index contributed by atoms with van der Waals surface area (Å²) in [5.41, 5.74) is 2.27. The van der Waals surface area contributed by atoms with Crippen LogP contribution in [-0.2, 0) is 0 Å². The molecular formula is C25H17NO4. The topological polar surface area (TPSA) is 72.3 Å². The Morgan fingerprint density at radius 1 is 0.867 bits per heavy atom. The summed E-state index contributed by atoms with van der Waals surface area (Å²) in [7, 11) is 0. The van der Waals surface area contributed by atoms with Gasteiger partial charge in [-0.05, 0) is 18.2 Å². The molecule has 2 heterocycles. The van der Waals surface area contributed by atoms with Crippen molar-refractivity contribution in [3.8, 4) is 17.1 Å². The summed E-state index contributed by atoms with van der Waals surface area (Å²) in [6.07, 6.45) is 1.66. The van der Waals surface area contributed by atoms with Crippen LogP contribution < -0.4 is 10.2 Å². The highest BCUT2D eigenvalue weighted by atomic mass is 16.5. The molecule has 0 fully saturated rings. The fraction of sp³-hybridized carbons (Fsp3) is 0.0400. The Morgan fingerprint density at radius 2 is 1.57 bits per heavy atom. The highest BCUT2D eigenvalue weighted by Crippen LogP contribution is 2.31. The van der Waals surface area contributed by atoms with Crippen molar-refractivity contribution in [2.24, 2.45) is 0 Å². The minimum absolute atomic E-state index is 0.0353.